The van der Waals surface area contributed by atoms with Crippen LogP contribution < -0.4 is 10.6 Å². The molecule has 4 atom stereocenters. The number of aliphatic hydroxyl groups is 1. The van der Waals surface area contributed by atoms with Crippen LogP contribution in [0.3, 0.4) is 0 Å². The Balaban J connectivity index is 3.05. The predicted molar refractivity (Wildman–Crippen MR) is 150 cm³/mol. The van der Waals surface area contributed by atoms with Gasteiger partial charge < -0.3 is 20.6 Å². The van der Waals surface area contributed by atoms with Crippen LogP contribution >= 0.6 is 0 Å². The number of piperidine rings is 1. The van der Waals surface area contributed by atoms with Crippen molar-refractivity contribution in [2.75, 3.05) is 20.2 Å². The van der Waals surface area contributed by atoms with Gasteiger partial charge in [-0.1, -0.05) is 54.0 Å². The van der Waals surface area contributed by atoms with Crippen LogP contribution in [0.2, 0.25) is 0 Å². The molecule has 0 radical (unpaired) electrons. The van der Waals surface area contributed by atoms with E-state index in [-0.39, 0.29) is 60.3 Å². The third-order valence-electron chi connectivity index (χ3n) is 7.31. The van der Waals surface area contributed by atoms with Gasteiger partial charge in [0.05, 0.1) is 24.7 Å². The van der Waals surface area contributed by atoms with Gasteiger partial charge in [-0.25, -0.2) is 0 Å². The van der Waals surface area contributed by atoms with Gasteiger partial charge in [0.2, 0.25) is 17.7 Å². The second kappa shape index (κ2) is 15.5. The molecule has 4 unspecified atom stereocenters. The lowest BCUT2D eigenvalue weighted by molar-refractivity contribution is -0.140. The summed E-state index contributed by atoms with van der Waals surface area (Å²) in [5, 5.41) is 15.6. The fourth-order valence-electron chi connectivity index (χ4n) is 5.11. The van der Waals surface area contributed by atoms with Crippen molar-refractivity contribution in [3.63, 3.8) is 0 Å². The summed E-state index contributed by atoms with van der Waals surface area (Å²) in [5.74, 6) is -0.172. The molecule has 8 nitrogen and oxygen atoms in total. The average Bonchev–Trinajstić information content (AvgIpc) is 2.83. The first kappa shape index (κ1) is 33.1. The van der Waals surface area contributed by atoms with E-state index in [0.717, 1.165) is 25.8 Å². The minimum atomic E-state index is -0.651. The fraction of sp³-hybridized carbons (Fsp3) is 0.828. The van der Waals surface area contributed by atoms with Crippen LogP contribution in [0, 0.1) is 17.8 Å². The molecule has 0 aromatic carbocycles. The van der Waals surface area contributed by atoms with Crippen LogP contribution in [0.5, 0.6) is 0 Å². The Bertz CT molecular complexity index is 778. The summed E-state index contributed by atoms with van der Waals surface area (Å²) < 4.78 is 0. The molecule has 8 heteroatoms. The minimum Gasteiger partial charge on any atom is -0.394 e. The molecule has 37 heavy (non-hydrogen) atoms. The highest BCUT2D eigenvalue weighted by molar-refractivity contribution is 5.93. The summed E-state index contributed by atoms with van der Waals surface area (Å²) in [5.41, 5.74) is 0.500. The second-order valence-electron chi connectivity index (χ2n) is 12.1. The minimum absolute atomic E-state index is 0.0549. The van der Waals surface area contributed by atoms with E-state index in [0.29, 0.717) is 17.9 Å². The Morgan fingerprint density at radius 3 is 2.11 bits per heavy atom. The molecule has 1 saturated heterocycles. The van der Waals surface area contributed by atoms with Crippen molar-refractivity contribution in [3.05, 3.63) is 11.6 Å². The smallest absolute Gasteiger partial charge is 0.246 e. The molecule has 214 valence electrons. The number of rotatable bonds is 13. The van der Waals surface area contributed by atoms with Gasteiger partial charge in [-0.05, 0) is 64.3 Å². The van der Waals surface area contributed by atoms with E-state index in [4.69, 9.17) is 0 Å². The first-order valence-electron chi connectivity index (χ1n) is 14.1. The van der Waals surface area contributed by atoms with Crippen LogP contribution in [0.25, 0.3) is 0 Å². The van der Waals surface area contributed by atoms with E-state index in [2.05, 4.69) is 29.4 Å². The lowest BCUT2D eigenvalue weighted by Crippen LogP contribution is -2.58. The monoisotopic (exact) mass is 522 g/mol. The van der Waals surface area contributed by atoms with Crippen LogP contribution in [0.4, 0.5) is 0 Å². The zero-order valence-electron chi connectivity index (χ0n) is 25.0. The number of likely N-dealkylation sites (N-methyl/N-ethyl adjacent to an activating group) is 1. The van der Waals surface area contributed by atoms with E-state index in [1.54, 1.807) is 18.9 Å². The van der Waals surface area contributed by atoms with Gasteiger partial charge in [-0.3, -0.25) is 19.3 Å². The molecule has 0 saturated carbocycles. The number of hydrogen-bond donors (Lipinski definition) is 3. The Labute approximate surface area is 225 Å². The van der Waals surface area contributed by atoms with E-state index >= 15 is 0 Å². The second-order valence-corrected chi connectivity index (χ2v) is 12.1. The number of nitrogens with zero attached hydrogens (tertiary/aromatic N) is 2. The molecule has 1 rings (SSSR count). The summed E-state index contributed by atoms with van der Waals surface area (Å²) in [6.45, 7) is 18.7. The molecule has 1 fully saturated rings. The maximum Gasteiger partial charge on any atom is 0.246 e. The fourth-order valence-corrected chi connectivity index (χ4v) is 5.11. The maximum absolute atomic E-state index is 13.7. The van der Waals surface area contributed by atoms with Crippen LogP contribution in [-0.2, 0) is 14.4 Å². The quantitative estimate of drug-likeness (QED) is 0.322. The summed E-state index contributed by atoms with van der Waals surface area (Å²) in [6, 6.07) is -1.23. The largest absolute Gasteiger partial charge is 0.394 e. The number of amides is 3. The third-order valence-corrected chi connectivity index (χ3v) is 7.31. The van der Waals surface area contributed by atoms with Crippen molar-refractivity contribution >= 4 is 17.7 Å². The van der Waals surface area contributed by atoms with Crippen molar-refractivity contribution < 1.29 is 19.5 Å². The Morgan fingerprint density at radius 1 is 1.00 bits per heavy atom. The molecule has 0 bridgehead atoms. The number of carbonyl (C=O) groups is 3. The molecule has 0 aromatic heterocycles. The van der Waals surface area contributed by atoms with E-state index < -0.39 is 6.04 Å². The number of carbonyl (C=O) groups excluding carboxylic acids is 3. The molecular formula is C29H54N4O4. The van der Waals surface area contributed by atoms with Crippen molar-refractivity contribution in [1.29, 1.82) is 0 Å². The zero-order chi connectivity index (χ0) is 28.4. The zero-order valence-corrected chi connectivity index (χ0v) is 25.0. The van der Waals surface area contributed by atoms with Crippen LogP contribution in [0.1, 0.15) is 88.0 Å². The van der Waals surface area contributed by atoms with E-state index in [1.165, 1.54) is 0 Å². The SMILES string of the molecule is C/C(=C\C(C(C)C)N(C)C(=O)C(NC(=O)C1CCCCN1C(C)C)C(C)C)C(=O)NC(CO)CC(C)C. The molecule has 3 N–H and O–H groups in total. The standard InChI is InChI=1S/C29H54N4O4/c1-18(2)15-23(17-34)30-27(35)22(9)16-25(19(3)4)32(10)29(37)26(20(5)6)31-28(36)24-13-11-12-14-33(24)21(7)8/h16,18-21,23-26,34H,11-15,17H2,1-10H3,(H,30,35)(H,31,36)/b22-16+. The summed E-state index contributed by atoms with van der Waals surface area (Å²) in [4.78, 5) is 43.7. The third kappa shape index (κ3) is 10.0. The predicted octanol–water partition coefficient (Wildman–Crippen LogP) is 3.34. The molecule has 0 spiro atoms. The normalized spacial score (nSPS) is 19.8. The van der Waals surface area contributed by atoms with Gasteiger partial charge in [-0.15, -0.1) is 0 Å². The highest BCUT2D eigenvalue weighted by atomic mass is 16.3. The van der Waals surface area contributed by atoms with Gasteiger partial charge in [0.15, 0.2) is 0 Å². The summed E-state index contributed by atoms with van der Waals surface area (Å²) in [7, 11) is 1.74. The van der Waals surface area contributed by atoms with Gasteiger partial charge in [0.25, 0.3) is 0 Å². The van der Waals surface area contributed by atoms with Gasteiger partial charge >= 0.3 is 0 Å². The van der Waals surface area contributed by atoms with Crippen molar-refractivity contribution in [2.24, 2.45) is 17.8 Å². The van der Waals surface area contributed by atoms with Crippen LogP contribution in [0.15, 0.2) is 11.6 Å². The van der Waals surface area contributed by atoms with E-state index in [1.807, 2.05) is 47.6 Å². The average molecular weight is 523 g/mol. The topological polar surface area (TPSA) is 102 Å². The molecule has 0 aromatic rings. The number of nitrogens with one attached hydrogen (secondary N) is 2. The Kier molecular flexibility index (Phi) is 13.8. The molecule has 1 aliphatic rings. The van der Waals surface area contributed by atoms with Crippen LogP contribution in [-0.4, -0.2) is 83.0 Å². The first-order valence-corrected chi connectivity index (χ1v) is 14.1. The lowest BCUT2D eigenvalue weighted by Gasteiger charge is -2.39. The molecule has 0 aliphatic carbocycles. The highest BCUT2D eigenvalue weighted by Gasteiger charge is 2.36. The summed E-state index contributed by atoms with van der Waals surface area (Å²) in [6.07, 6.45) is 5.41. The van der Waals surface area contributed by atoms with Gasteiger partial charge in [0.1, 0.15) is 6.04 Å². The lowest BCUT2D eigenvalue weighted by atomic mass is 9.95. The number of aliphatic hydroxyl groups excluding tert-OH is 1. The Morgan fingerprint density at radius 2 is 1.62 bits per heavy atom. The van der Waals surface area contributed by atoms with Crippen molar-refractivity contribution in [3.8, 4) is 0 Å². The van der Waals surface area contributed by atoms with E-state index in [9.17, 15) is 19.5 Å². The molecule has 1 aliphatic heterocycles. The molecule has 3 amide bonds. The van der Waals surface area contributed by atoms with Crippen molar-refractivity contribution in [2.45, 2.75) is 118 Å². The number of hydrogen-bond acceptors (Lipinski definition) is 5. The molecule has 1 heterocycles. The maximum atomic E-state index is 13.7. The molecular weight excluding hydrogens is 468 g/mol. The number of likely N-dealkylation sites (tertiary alicyclic amines) is 1. The summed E-state index contributed by atoms with van der Waals surface area (Å²) >= 11 is 0. The Hall–Kier alpha value is -1.93. The highest BCUT2D eigenvalue weighted by Crippen LogP contribution is 2.21. The van der Waals surface area contributed by atoms with Crippen molar-refractivity contribution in [1.82, 2.24) is 20.4 Å². The van der Waals surface area contributed by atoms with Gasteiger partial charge in [0, 0.05) is 18.7 Å². The van der Waals surface area contributed by atoms with Gasteiger partial charge in [-0.2, -0.15) is 0 Å². The first-order chi connectivity index (χ1) is 17.2.